The molecule has 0 saturated heterocycles. The van der Waals surface area contributed by atoms with Crippen molar-refractivity contribution in [1.82, 2.24) is 9.97 Å². The van der Waals surface area contributed by atoms with Crippen LogP contribution in [0.3, 0.4) is 0 Å². The Labute approximate surface area is 94.3 Å². The molecule has 0 aliphatic heterocycles. The van der Waals surface area contributed by atoms with Crippen LogP contribution in [0.25, 0.3) is 11.4 Å². The van der Waals surface area contributed by atoms with Crippen molar-refractivity contribution in [2.75, 3.05) is 6.54 Å². The van der Waals surface area contributed by atoms with Gasteiger partial charge in [-0.05, 0) is 29.8 Å². The summed E-state index contributed by atoms with van der Waals surface area (Å²) in [5.74, 6) is 0. The van der Waals surface area contributed by atoms with Gasteiger partial charge in [-0.1, -0.05) is 6.07 Å². The fraction of sp³-hybridized carbons (Fsp3) is 0.167. The van der Waals surface area contributed by atoms with Gasteiger partial charge in [-0.15, -0.1) is 0 Å². The zero-order valence-electron chi connectivity index (χ0n) is 8.88. The molecule has 0 bridgehead atoms. The lowest BCUT2D eigenvalue weighted by molar-refractivity contribution is 0.736. The Morgan fingerprint density at radius 2 is 1.88 bits per heavy atom. The number of pyridine rings is 2. The first-order valence-corrected chi connectivity index (χ1v) is 5.14. The molecule has 4 heteroatoms. The highest BCUT2D eigenvalue weighted by Crippen LogP contribution is 2.17. The van der Waals surface area contributed by atoms with E-state index in [0.29, 0.717) is 6.54 Å². The summed E-state index contributed by atoms with van der Waals surface area (Å²) in [4.78, 5) is 8.51. The van der Waals surface area contributed by atoms with E-state index in [0.717, 1.165) is 17.0 Å². The van der Waals surface area contributed by atoms with Gasteiger partial charge in [0.05, 0.1) is 11.4 Å². The van der Waals surface area contributed by atoms with Crippen LogP contribution in [0, 0.1) is 0 Å². The molecule has 2 heterocycles. The maximum Gasteiger partial charge on any atom is 0.0889 e. The van der Waals surface area contributed by atoms with Crippen molar-refractivity contribution in [2.24, 2.45) is 11.5 Å². The maximum atomic E-state index is 5.87. The first-order chi connectivity index (χ1) is 7.81. The molecule has 4 nitrogen and oxygen atoms in total. The van der Waals surface area contributed by atoms with Crippen LogP contribution in [0.1, 0.15) is 11.6 Å². The molecule has 0 spiro atoms. The van der Waals surface area contributed by atoms with Gasteiger partial charge in [0, 0.05) is 25.0 Å². The summed E-state index contributed by atoms with van der Waals surface area (Å²) in [6.07, 6.45) is 3.47. The lowest BCUT2D eigenvalue weighted by atomic mass is 10.1. The van der Waals surface area contributed by atoms with E-state index in [-0.39, 0.29) is 6.04 Å². The summed E-state index contributed by atoms with van der Waals surface area (Å²) in [5, 5.41) is 0. The molecule has 0 amide bonds. The highest BCUT2D eigenvalue weighted by atomic mass is 14.8. The second-order valence-corrected chi connectivity index (χ2v) is 3.53. The van der Waals surface area contributed by atoms with Gasteiger partial charge in [0.2, 0.25) is 0 Å². The van der Waals surface area contributed by atoms with Crippen LogP contribution in [0.4, 0.5) is 0 Å². The van der Waals surface area contributed by atoms with E-state index in [9.17, 15) is 0 Å². The summed E-state index contributed by atoms with van der Waals surface area (Å²) in [6, 6.07) is 9.38. The molecular formula is C12H14N4. The molecular weight excluding hydrogens is 200 g/mol. The second kappa shape index (κ2) is 4.83. The van der Waals surface area contributed by atoms with E-state index in [1.807, 2.05) is 30.3 Å². The van der Waals surface area contributed by atoms with Crippen LogP contribution < -0.4 is 11.5 Å². The first-order valence-electron chi connectivity index (χ1n) is 5.14. The van der Waals surface area contributed by atoms with Gasteiger partial charge in [0.25, 0.3) is 0 Å². The van der Waals surface area contributed by atoms with E-state index < -0.39 is 0 Å². The summed E-state index contributed by atoms with van der Waals surface area (Å²) >= 11 is 0. The van der Waals surface area contributed by atoms with Crippen LogP contribution in [0.15, 0.2) is 42.7 Å². The van der Waals surface area contributed by atoms with Gasteiger partial charge in [-0.25, -0.2) is 0 Å². The van der Waals surface area contributed by atoms with Crippen molar-refractivity contribution in [3.63, 3.8) is 0 Å². The lowest BCUT2D eigenvalue weighted by Gasteiger charge is -2.09. The van der Waals surface area contributed by atoms with E-state index in [1.54, 1.807) is 12.4 Å². The van der Waals surface area contributed by atoms with Crippen LogP contribution in [-0.4, -0.2) is 16.5 Å². The SMILES string of the molecule is NCC(N)c1ccnc(-c2ccccn2)c1. The molecule has 1 unspecified atom stereocenters. The van der Waals surface area contributed by atoms with Crippen molar-refractivity contribution < 1.29 is 0 Å². The summed E-state index contributed by atoms with van der Waals surface area (Å²) in [6.45, 7) is 0.422. The third-order valence-corrected chi connectivity index (χ3v) is 2.39. The molecule has 0 saturated carbocycles. The largest absolute Gasteiger partial charge is 0.329 e. The molecule has 0 aliphatic rings. The Morgan fingerprint density at radius 3 is 2.56 bits per heavy atom. The molecule has 2 aromatic rings. The minimum absolute atomic E-state index is 0.148. The average Bonchev–Trinajstić information content (AvgIpc) is 2.39. The van der Waals surface area contributed by atoms with Crippen LogP contribution in [0.5, 0.6) is 0 Å². The van der Waals surface area contributed by atoms with Crippen molar-refractivity contribution >= 4 is 0 Å². The van der Waals surface area contributed by atoms with E-state index in [1.165, 1.54) is 0 Å². The molecule has 16 heavy (non-hydrogen) atoms. The minimum Gasteiger partial charge on any atom is -0.329 e. The Balaban J connectivity index is 2.36. The second-order valence-electron chi connectivity index (χ2n) is 3.53. The Hall–Kier alpha value is -1.78. The third-order valence-electron chi connectivity index (χ3n) is 2.39. The van der Waals surface area contributed by atoms with Gasteiger partial charge >= 0.3 is 0 Å². The normalized spacial score (nSPS) is 12.4. The minimum atomic E-state index is -0.148. The standard InChI is InChI=1S/C12H14N4/c13-8-10(14)9-4-6-16-12(7-9)11-3-1-2-5-15-11/h1-7,10H,8,13-14H2. The molecule has 2 aromatic heterocycles. The van der Waals surface area contributed by atoms with E-state index >= 15 is 0 Å². The Morgan fingerprint density at radius 1 is 1.06 bits per heavy atom. The fourth-order valence-electron chi connectivity index (χ4n) is 1.47. The molecule has 0 fully saturated rings. The number of hydrogen-bond donors (Lipinski definition) is 2. The van der Waals surface area contributed by atoms with Crippen molar-refractivity contribution in [1.29, 1.82) is 0 Å². The molecule has 0 aliphatic carbocycles. The highest BCUT2D eigenvalue weighted by Gasteiger charge is 2.06. The highest BCUT2D eigenvalue weighted by molar-refractivity contribution is 5.54. The number of rotatable bonds is 3. The molecule has 82 valence electrons. The molecule has 0 aromatic carbocycles. The van der Waals surface area contributed by atoms with Crippen molar-refractivity contribution in [3.8, 4) is 11.4 Å². The lowest BCUT2D eigenvalue weighted by Crippen LogP contribution is -2.20. The fourth-order valence-corrected chi connectivity index (χ4v) is 1.47. The topological polar surface area (TPSA) is 77.8 Å². The molecule has 4 N–H and O–H groups in total. The van der Waals surface area contributed by atoms with Gasteiger partial charge in [-0.2, -0.15) is 0 Å². The van der Waals surface area contributed by atoms with Gasteiger partial charge < -0.3 is 11.5 Å². The molecule has 1 atom stereocenters. The maximum absolute atomic E-state index is 5.87. The number of aromatic nitrogens is 2. The number of nitrogens with two attached hydrogens (primary N) is 2. The number of nitrogens with zero attached hydrogens (tertiary/aromatic N) is 2. The smallest absolute Gasteiger partial charge is 0.0889 e. The summed E-state index contributed by atoms with van der Waals surface area (Å²) in [7, 11) is 0. The zero-order valence-corrected chi connectivity index (χ0v) is 8.88. The van der Waals surface area contributed by atoms with Crippen LogP contribution in [-0.2, 0) is 0 Å². The zero-order chi connectivity index (χ0) is 11.4. The Kier molecular flexibility index (Phi) is 3.24. The van der Waals surface area contributed by atoms with Gasteiger partial charge in [0.1, 0.15) is 0 Å². The van der Waals surface area contributed by atoms with Gasteiger partial charge in [-0.3, -0.25) is 9.97 Å². The predicted octanol–water partition coefficient (Wildman–Crippen LogP) is 1.10. The average molecular weight is 214 g/mol. The van der Waals surface area contributed by atoms with E-state index in [2.05, 4.69) is 9.97 Å². The Bertz CT molecular complexity index is 456. The van der Waals surface area contributed by atoms with E-state index in [4.69, 9.17) is 11.5 Å². The third kappa shape index (κ3) is 2.24. The first kappa shape index (κ1) is 10.7. The van der Waals surface area contributed by atoms with Gasteiger partial charge in [0.15, 0.2) is 0 Å². The van der Waals surface area contributed by atoms with Crippen molar-refractivity contribution in [2.45, 2.75) is 6.04 Å². The molecule has 0 radical (unpaired) electrons. The quantitative estimate of drug-likeness (QED) is 0.802. The monoisotopic (exact) mass is 214 g/mol. The summed E-state index contributed by atoms with van der Waals surface area (Å²) < 4.78 is 0. The summed E-state index contributed by atoms with van der Waals surface area (Å²) in [5.41, 5.74) is 14.0. The predicted molar refractivity (Wildman–Crippen MR) is 63.5 cm³/mol. The van der Waals surface area contributed by atoms with Crippen molar-refractivity contribution in [3.05, 3.63) is 48.3 Å². The molecule has 2 rings (SSSR count). The van der Waals surface area contributed by atoms with Crippen LogP contribution in [0.2, 0.25) is 0 Å². The number of hydrogen-bond acceptors (Lipinski definition) is 4. The van der Waals surface area contributed by atoms with Crippen LogP contribution >= 0.6 is 0 Å².